The number of nitrogens with one attached hydrogen (secondary N) is 1. The molecule has 0 aromatic carbocycles. The summed E-state index contributed by atoms with van der Waals surface area (Å²) in [4.78, 5) is 13.8. The zero-order chi connectivity index (χ0) is 11.3. The van der Waals surface area contributed by atoms with E-state index in [0.29, 0.717) is 0 Å². The summed E-state index contributed by atoms with van der Waals surface area (Å²) in [7, 11) is 0. The lowest BCUT2D eigenvalue weighted by atomic mass is 10.1. The SMILES string of the molecule is CCN(CC)C(=O)C(C)SCC1CNC1. The van der Waals surface area contributed by atoms with Crippen molar-refractivity contribution >= 4 is 17.7 Å². The van der Waals surface area contributed by atoms with Crippen LogP contribution in [0.2, 0.25) is 0 Å². The Balaban J connectivity index is 2.24. The smallest absolute Gasteiger partial charge is 0.235 e. The molecule has 1 unspecified atom stereocenters. The van der Waals surface area contributed by atoms with Gasteiger partial charge in [0.15, 0.2) is 0 Å². The fourth-order valence-electron chi connectivity index (χ4n) is 1.61. The lowest BCUT2D eigenvalue weighted by Gasteiger charge is -2.28. The van der Waals surface area contributed by atoms with Crippen molar-refractivity contribution < 1.29 is 4.79 Å². The minimum Gasteiger partial charge on any atom is -0.342 e. The van der Waals surface area contributed by atoms with Crippen LogP contribution in [0.25, 0.3) is 0 Å². The van der Waals surface area contributed by atoms with E-state index in [1.807, 2.05) is 25.7 Å². The molecule has 1 N–H and O–H groups in total. The standard InChI is InChI=1S/C11H22N2OS/c1-4-13(5-2)11(14)9(3)15-8-10-6-12-7-10/h9-10,12H,4-8H2,1-3H3. The molecule has 0 aromatic heterocycles. The summed E-state index contributed by atoms with van der Waals surface area (Å²) in [6, 6.07) is 0. The molecule has 88 valence electrons. The molecule has 3 nitrogen and oxygen atoms in total. The van der Waals surface area contributed by atoms with E-state index < -0.39 is 0 Å². The molecule has 0 bridgehead atoms. The van der Waals surface area contributed by atoms with Gasteiger partial charge in [0.2, 0.25) is 5.91 Å². The van der Waals surface area contributed by atoms with Crippen LogP contribution in [-0.2, 0) is 4.79 Å². The number of hydrogen-bond acceptors (Lipinski definition) is 3. The summed E-state index contributed by atoms with van der Waals surface area (Å²) < 4.78 is 0. The maximum atomic E-state index is 11.9. The highest BCUT2D eigenvalue weighted by Gasteiger charge is 2.22. The minimum absolute atomic E-state index is 0.116. The van der Waals surface area contributed by atoms with Crippen molar-refractivity contribution in [2.75, 3.05) is 31.9 Å². The highest BCUT2D eigenvalue weighted by molar-refractivity contribution is 8.00. The van der Waals surface area contributed by atoms with E-state index in [0.717, 1.165) is 37.8 Å². The number of nitrogens with zero attached hydrogens (tertiary/aromatic N) is 1. The van der Waals surface area contributed by atoms with Crippen molar-refractivity contribution in [3.8, 4) is 0 Å². The largest absolute Gasteiger partial charge is 0.342 e. The molecule has 1 amide bonds. The average molecular weight is 230 g/mol. The molecule has 1 rings (SSSR count). The van der Waals surface area contributed by atoms with E-state index in [-0.39, 0.29) is 11.2 Å². The molecule has 1 saturated heterocycles. The molecule has 1 heterocycles. The molecule has 1 fully saturated rings. The summed E-state index contributed by atoms with van der Waals surface area (Å²) in [5.41, 5.74) is 0. The van der Waals surface area contributed by atoms with Crippen LogP contribution < -0.4 is 5.32 Å². The van der Waals surface area contributed by atoms with Gasteiger partial charge in [0.1, 0.15) is 0 Å². The first-order valence-electron chi connectivity index (χ1n) is 5.80. The van der Waals surface area contributed by atoms with Crippen molar-refractivity contribution in [3.05, 3.63) is 0 Å². The van der Waals surface area contributed by atoms with E-state index in [4.69, 9.17) is 0 Å². The van der Waals surface area contributed by atoms with Gasteiger partial charge in [-0.1, -0.05) is 0 Å². The topological polar surface area (TPSA) is 32.3 Å². The first-order valence-corrected chi connectivity index (χ1v) is 6.85. The van der Waals surface area contributed by atoms with Gasteiger partial charge in [-0.15, -0.1) is 11.8 Å². The summed E-state index contributed by atoms with van der Waals surface area (Å²) >= 11 is 1.80. The molecule has 1 aliphatic rings. The molecule has 4 heteroatoms. The fourth-order valence-corrected chi connectivity index (χ4v) is 2.70. The lowest BCUT2D eigenvalue weighted by molar-refractivity contribution is -0.129. The fraction of sp³-hybridized carbons (Fsp3) is 0.909. The predicted octanol–water partition coefficient (Wildman–Crippen LogP) is 1.20. The Bertz CT molecular complexity index is 203. The molecular weight excluding hydrogens is 208 g/mol. The van der Waals surface area contributed by atoms with Crippen molar-refractivity contribution in [1.29, 1.82) is 0 Å². The Hall–Kier alpha value is -0.220. The summed E-state index contributed by atoms with van der Waals surface area (Å²) in [6.45, 7) is 10.00. The van der Waals surface area contributed by atoms with Gasteiger partial charge in [0, 0.05) is 13.1 Å². The summed E-state index contributed by atoms with van der Waals surface area (Å²) in [5.74, 6) is 2.18. The molecule has 1 aliphatic heterocycles. The number of carbonyl (C=O) groups excluding carboxylic acids is 1. The third-order valence-corrected chi connectivity index (χ3v) is 4.24. The highest BCUT2D eigenvalue weighted by Crippen LogP contribution is 2.19. The lowest BCUT2D eigenvalue weighted by Crippen LogP contribution is -2.44. The van der Waals surface area contributed by atoms with Crippen LogP contribution in [0.3, 0.4) is 0 Å². The van der Waals surface area contributed by atoms with E-state index in [1.54, 1.807) is 11.8 Å². The first-order chi connectivity index (χ1) is 7.19. The number of rotatable bonds is 6. The number of hydrogen-bond donors (Lipinski definition) is 1. The second-order valence-corrected chi connectivity index (χ2v) is 5.38. The van der Waals surface area contributed by atoms with Crippen LogP contribution in [0.15, 0.2) is 0 Å². The molecule has 0 saturated carbocycles. The van der Waals surface area contributed by atoms with Crippen LogP contribution in [0, 0.1) is 5.92 Å². The van der Waals surface area contributed by atoms with Crippen molar-refractivity contribution in [2.45, 2.75) is 26.0 Å². The van der Waals surface area contributed by atoms with Crippen molar-refractivity contribution in [1.82, 2.24) is 10.2 Å². The van der Waals surface area contributed by atoms with Crippen molar-refractivity contribution in [2.24, 2.45) is 5.92 Å². The number of thioether (sulfide) groups is 1. The van der Waals surface area contributed by atoms with E-state index in [1.165, 1.54) is 0 Å². The number of amides is 1. The van der Waals surface area contributed by atoms with E-state index in [2.05, 4.69) is 5.32 Å². The van der Waals surface area contributed by atoms with Gasteiger partial charge < -0.3 is 10.2 Å². The van der Waals surface area contributed by atoms with Crippen LogP contribution in [-0.4, -0.2) is 48.0 Å². The maximum Gasteiger partial charge on any atom is 0.235 e. The second-order valence-electron chi connectivity index (χ2n) is 4.01. The Morgan fingerprint density at radius 1 is 1.47 bits per heavy atom. The van der Waals surface area contributed by atoms with Gasteiger partial charge in [0.05, 0.1) is 5.25 Å². The van der Waals surface area contributed by atoms with Gasteiger partial charge in [-0.05, 0) is 45.5 Å². The summed E-state index contributed by atoms with van der Waals surface area (Å²) in [5, 5.41) is 3.37. The molecule has 0 spiro atoms. The van der Waals surface area contributed by atoms with Gasteiger partial charge in [0.25, 0.3) is 0 Å². The van der Waals surface area contributed by atoms with Gasteiger partial charge in [-0.2, -0.15) is 0 Å². The van der Waals surface area contributed by atoms with E-state index >= 15 is 0 Å². The van der Waals surface area contributed by atoms with Crippen LogP contribution >= 0.6 is 11.8 Å². The number of carbonyl (C=O) groups is 1. The van der Waals surface area contributed by atoms with Crippen molar-refractivity contribution in [3.63, 3.8) is 0 Å². The van der Waals surface area contributed by atoms with Crippen LogP contribution in [0.5, 0.6) is 0 Å². The second kappa shape index (κ2) is 6.38. The molecule has 0 radical (unpaired) electrons. The molecular formula is C11H22N2OS. The Labute approximate surface area is 97.0 Å². The van der Waals surface area contributed by atoms with Crippen LogP contribution in [0.4, 0.5) is 0 Å². The quantitative estimate of drug-likeness (QED) is 0.744. The van der Waals surface area contributed by atoms with Gasteiger partial charge >= 0.3 is 0 Å². The normalized spacial score (nSPS) is 18.3. The Morgan fingerprint density at radius 3 is 2.47 bits per heavy atom. The monoisotopic (exact) mass is 230 g/mol. The third kappa shape index (κ3) is 3.68. The molecule has 0 aromatic rings. The zero-order valence-electron chi connectivity index (χ0n) is 9.95. The summed E-state index contributed by atoms with van der Waals surface area (Å²) in [6.07, 6.45) is 0. The van der Waals surface area contributed by atoms with Gasteiger partial charge in [-0.25, -0.2) is 0 Å². The van der Waals surface area contributed by atoms with E-state index in [9.17, 15) is 4.79 Å². The molecule has 1 atom stereocenters. The predicted molar refractivity (Wildman–Crippen MR) is 66.2 cm³/mol. The molecule has 0 aliphatic carbocycles. The zero-order valence-corrected chi connectivity index (χ0v) is 10.8. The minimum atomic E-state index is 0.116. The first kappa shape index (κ1) is 12.8. The Morgan fingerprint density at radius 2 is 2.07 bits per heavy atom. The average Bonchev–Trinajstić information content (AvgIpc) is 2.16. The van der Waals surface area contributed by atoms with Crippen LogP contribution in [0.1, 0.15) is 20.8 Å². The Kier molecular flexibility index (Phi) is 5.47. The maximum absolute atomic E-state index is 11.9. The highest BCUT2D eigenvalue weighted by atomic mass is 32.2. The van der Waals surface area contributed by atoms with Gasteiger partial charge in [-0.3, -0.25) is 4.79 Å². The molecule has 15 heavy (non-hydrogen) atoms. The third-order valence-electron chi connectivity index (χ3n) is 2.87.